The van der Waals surface area contributed by atoms with Crippen molar-refractivity contribution in [1.82, 2.24) is 0 Å². The van der Waals surface area contributed by atoms with Crippen LogP contribution in [0.15, 0.2) is 0 Å². The third kappa shape index (κ3) is 2.95. The highest BCUT2D eigenvalue weighted by atomic mass is 32.2. The number of carbonyl (C=O) groups excluding carboxylic acids is 1. The fourth-order valence-corrected chi connectivity index (χ4v) is 3.12. The van der Waals surface area contributed by atoms with Crippen LogP contribution in [0.1, 0.15) is 19.3 Å². The van der Waals surface area contributed by atoms with Crippen molar-refractivity contribution >= 4 is 15.8 Å². The Morgan fingerprint density at radius 1 is 1.43 bits per heavy atom. The summed E-state index contributed by atoms with van der Waals surface area (Å²) in [6.45, 7) is 0. The van der Waals surface area contributed by atoms with Crippen LogP contribution in [0.2, 0.25) is 0 Å². The van der Waals surface area contributed by atoms with Crippen molar-refractivity contribution in [3.05, 3.63) is 0 Å². The highest BCUT2D eigenvalue weighted by Crippen LogP contribution is 2.24. The SMILES string of the molecule is COC(=O)CC1(N)CCS(=O)(=O)CC1. The van der Waals surface area contributed by atoms with Crippen LogP contribution in [0, 0.1) is 0 Å². The molecule has 0 spiro atoms. The Morgan fingerprint density at radius 3 is 2.36 bits per heavy atom. The summed E-state index contributed by atoms with van der Waals surface area (Å²) in [5.41, 5.74) is 5.20. The number of hydrogen-bond acceptors (Lipinski definition) is 5. The molecule has 2 N–H and O–H groups in total. The van der Waals surface area contributed by atoms with Gasteiger partial charge in [0.1, 0.15) is 9.84 Å². The topological polar surface area (TPSA) is 86.5 Å². The van der Waals surface area contributed by atoms with E-state index >= 15 is 0 Å². The molecule has 1 fully saturated rings. The summed E-state index contributed by atoms with van der Waals surface area (Å²) >= 11 is 0. The third-order valence-corrected chi connectivity index (χ3v) is 4.20. The molecule has 6 heteroatoms. The Labute approximate surface area is 83.5 Å². The van der Waals surface area contributed by atoms with E-state index in [4.69, 9.17) is 5.73 Å². The molecule has 5 nitrogen and oxygen atoms in total. The maximum Gasteiger partial charge on any atom is 0.307 e. The second kappa shape index (κ2) is 3.86. The summed E-state index contributed by atoms with van der Waals surface area (Å²) in [5.74, 6) is -0.243. The molecule has 0 aromatic rings. The van der Waals surface area contributed by atoms with Crippen molar-refractivity contribution in [2.45, 2.75) is 24.8 Å². The van der Waals surface area contributed by atoms with E-state index in [-0.39, 0.29) is 23.9 Å². The number of esters is 1. The first-order valence-corrected chi connectivity index (χ1v) is 6.25. The molecule has 0 aliphatic carbocycles. The van der Waals surface area contributed by atoms with Gasteiger partial charge in [0.2, 0.25) is 0 Å². The fraction of sp³-hybridized carbons (Fsp3) is 0.875. The molecule has 0 saturated carbocycles. The Morgan fingerprint density at radius 2 is 1.93 bits per heavy atom. The molecule has 14 heavy (non-hydrogen) atoms. The predicted molar refractivity (Wildman–Crippen MR) is 51.4 cm³/mol. The van der Waals surface area contributed by atoms with Crippen molar-refractivity contribution in [3.63, 3.8) is 0 Å². The highest BCUT2D eigenvalue weighted by molar-refractivity contribution is 7.91. The summed E-state index contributed by atoms with van der Waals surface area (Å²) in [7, 11) is -1.63. The molecule has 1 heterocycles. The van der Waals surface area contributed by atoms with Gasteiger partial charge in [0.25, 0.3) is 0 Å². The number of nitrogens with two attached hydrogens (primary N) is 1. The van der Waals surface area contributed by atoms with Crippen molar-refractivity contribution in [1.29, 1.82) is 0 Å². The van der Waals surface area contributed by atoms with Crippen LogP contribution in [0.25, 0.3) is 0 Å². The van der Waals surface area contributed by atoms with Gasteiger partial charge in [-0.25, -0.2) is 8.42 Å². The lowest BCUT2D eigenvalue weighted by Crippen LogP contribution is -2.48. The molecule has 0 amide bonds. The predicted octanol–water partition coefficient (Wildman–Crippen LogP) is -0.544. The zero-order chi connectivity index (χ0) is 10.8. The molecule has 1 saturated heterocycles. The van der Waals surface area contributed by atoms with E-state index in [0.717, 1.165) is 0 Å². The van der Waals surface area contributed by atoms with E-state index in [1.54, 1.807) is 0 Å². The lowest BCUT2D eigenvalue weighted by molar-refractivity contribution is -0.142. The number of rotatable bonds is 2. The normalized spacial score (nSPS) is 24.1. The maximum absolute atomic E-state index is 11.1. The number of sulfone groups is 1. The molecule has 0 aromatic carbocycles. The highest BCUT2D eigenvalue weighted by Gasteiger charge is 2.35. The van der Waals surface area contributed by atoms with Crippen molar-refractivity contribution in [2.75, 3.05) is 18.6 Å². The Balaban J connectivity index is 2.58. The number of ether oxygens (including phenoxy) is 1. The van der Waals surface area contributed by atoms with Gasteiger partial charge in [0.15, 0.2) is 0 Å². The Bertz CT molecular complexity index is 308. The summed E-state index contributed by atoms with van der Waals surface area (Å²) in [5, 5.41) is 0. The van der Waals surface area contributed by atoms with Gasteiger partial charge in [-0.2, -0.15) is 0 Å². The first-order chi connectivity index (χ1) is 6.37. The molecular formula is C8H15NO4S. The molecule has 1 rings (SSSR count). The van der Waals surface area contributed by atoms with Crippen LogP contribution in [-0.2, 0) is 19.4 Å². The second-order valence-electron chi connectivity index (χ2n) is 3.77. The zero-order valence-corrected chi connectivity index (χ0v) is 8.97. The lowest BCUT2D eigenvalue weighted by atomic mass is 9.90. The monoisotopic (exact) mass is 221 g/mol. The molecule has 0 bridgehead atoms. The van der Waals surface area contributed by atoms with E-state index < -0.39 is 15.4 Å². The van der Waals surface area contributed by atoms with Gasteiger partial charge in [-0.1, -0.05) is 0 Å². The van der Waals surface area contributed by atoms with Crippen molar-refractivity contribution < 1.29 is 17.9 Å². The number of carbonyl (C=O) groups is 1. The van der Waals surface area contributed by atoms with Crippen molar-refractivity contribution in [2.24, 2.45) is 5.73 Å². The van der Waals surface area contributed by atoms with Crippen LogP contribution in [0.3, 0.4) is 0 Å². The van der Waals surface area contributed by atoms with E-state index in [9.17, 15) is 13.2 Å². The maximum atomic E-state index is 11.1. The molecule has 0 unspecified atom stereocenters. The Hall–Kier alpha value is -0.620. The standard InChI is InChI=1S/C8H15NO4S/c1-13-7(10)6-8(9)2-4-14(11,12)5-3-8/h2-6,9H2,1H3. The number of methoxy groups -OCH3 is 1. The minimum atomic E-state index is -2.93. The smallest absolute Gasteiger partial charge is 0.307 e. The van der Waals surface area contributed by atoms with Crippen LogP contribution < -0.4 is 5.73 Å². The van der Waals surface area contributed by atoms with Crippen molar-refractivity contribution in [3.8, 4) is 0 Å². The summed E-state index contributed by atoms with van der Waals surface area (Å²) < 4.78 is 26.7. The van der Waals surface area contributed by atoms with E-state index in [0.29, 0.717) is 12.8 Å². The lowest BCUT2D eigenvalue weighted by Gasteiger charge is -2.31. The molecule has 0 atom stereocenters. The third-order valence-electron chi connectivity index (χ3n) is 2.55. The second-order valence-corrected chi connectivity index (χ2v) is 6.07. The van der Waals surface area contributed by atoms with Gasteiger partial charge in [-0.3, -0.25) is 4.79 Å². The molecule has 1 aliphatic heterocycles. The number of hydrogen-bond donors (Lipinski definition) is 1. The van der Waals surface area contributed by atoms with Gasteiger partial charge < -0.3 is 10.5 Å². The summed E-state index contributed by atoms with van der Waals surface area (Å²) in [6, 6.07) is 0. The average Bonchev–Trinajstić information content (AvgIpc) is 2.11. The molecular weight excluding hydrogens is 206 g/mol. The minimum Gasteiger partial charge on any atom is -0.469 e. The first kappa shape index (κ1) is 11.5. The molecule has 0 radical (unpaired) electrons. The molecule has 1 aliphatic rings. The van der Waals surface area contributed by atoms with E-state index in [1.807, 2.05) is 0 Å². The quantitative estimate of drug-likeness (QED) is 0.632. The van der Waals surface area contributed by atoms with Gasteiger partial charge >= 0.3 is 5.97 Å². The van der Waals surface area contributed by atoms with Gasteiger partial charge in [-0.05, 0) is 12.8 Å². The minimum absolute atomic E-state index is 0.0699. The van der Waals surface area contributed by atoms with Crippen LogP contribution in [0.4, 0.5) is 0 Å². The average molecular weight is 221 g/mol. The largest absolute Gasteiger partial charge is 0.469 e. The van der Waals surface area contributed by atoms with Crippen LogP contribution in [0.5, 0.6) is 0 Å². The molecule has 0 aromatic heterocycles. The fourth-order valence-electron chi connectivity index (χ4n) is 1.48. The summed E-state index contributed by atoms with van der Waals surface area (Å²) in [6.07, 6.45) is 0.772. The van der Waals surface area contributed by atoms with Crippen LogP contribution >= 0.6 is 0 Å². The zero-order valence-electron chi connectivity index (χ0n) is 8.15. The van der Waals surface area contributed by atoms with Gasteiger partial charge in [0.05, 0.1) is 25.0 Å². The van der Waals surface area contributed by atoms with Gasteiger partial charge in [0, 0.05) is 5.54 Å². The van der Waals surface area contributed by atoms with E-state index in [2.05, 4.69) is 4.74 Å². The van der Waals surface area contributed by atoms with E-state index in [1.165, 1.54) is 7.11 Å². The molecule has 82 valence electrons. The Kier molecular flexibility index (Phi) is 3.16. The summed E-state index contributed by atoms with van der Waals surface area (Å²) in [4.78, 5) is 11.0. The van der Waals surface area contributed by atoms with Crippen LogP contribution in [-0.4, -0.2) is 38.5 Å². The first-order valence-electron chi connectivity index (χ1n) is 4.43. The van der Waals surface area contributed by atoms with Gasteiger partial charge in [-0.15, -0.1) is 0 Å².